The molecule has 1 aromatic rings. The van der Waals surface area contributed by atoms with Crippen LogP contribution in [0.15, 0.2) is 12.4 Å². The molecule has 2 heterocycles. The van der Waals surface area contributed by atoms with E-state index in [1.54, 1.807) is 0 Å². The lowest BCUT2D eigenvalue weighted by atomic mass is 9.89. The summed E-state index contributed by atoms with van der Waals surface area (Å²) in [5.41, 5.74) is 1.47. The topological polar surface area (TPSA) is 39.1 Å². The minimum atomic E-state index is 0.168. The van der Waals surface area contributed by atoms with Crippen LogP contribution >= 0.6 is 0 Å². The summed E-state index contributed by atoms with van der Waals surface area (Å²) in [5, 5.41) is 8.18. The van der Waals surface area contributed by atoms with E-state index in [0.29, 0.717) is 12.1 Å². The lowest BCUT2D eigenvalue weighted by Crippen LogP contribution is -2.38. The lowest BCUT2D eigenvalue weighted by Gasteiger charge is -2.38. The van der Waals surface area contributed by atoms with E-state index in [1.165, 1.54) is 37.7 Å². The van der Waals surface area contributed by atoms with Crippen LogP contribution in [0.3, 0.4) is 0 Å². The van der Waals surface area contributed by atoms with Gasteiger partial charge in [0.25, 0.3) is 0 Å². The van der Waals surface area contributed by atoms with E-state index in [0.717, 1.165) is 26.0 Å². The first-order valence-corrected chi connectivity index (χ1v) is 8.64. The van der Waals surface area contributed by atoms with Gasteiger partial charge in [-0.2, -0.15) is 5.10 Å². The van der Waals surface area contributed by atoms with E-state index in [9.17, 15) is 0 Å². The minimum Gasteiger partial charge on any atom is -0.375 e. The average Bonchev–Trinajstić information content (AvgIpc) is 3.15. The van der Waals surface area contributed by atoms with Gasteiger partial charge in [-0.05, 0) is 45.6 Å². The standard InChI is InChI=1S/C17H29N3O/c1-3-9-18-14(2)15-12-19-20(13-15)16-6-10-21-17(11-16)7-4-5-8-17/h12-14,16,18H,3-11H2,1-2H3. The molecule has 1 spiro atoms. The first-order chi connectivity index (χ1) is 10.2. The Balaban J connectivity index is 1.65. The maximum atomic E-state index is 6.13. The van der Waals surface area contributed by atoms with Gasteiger partial charge in [-0.15, -0.1) is 0 Å². The van der Waals surface area contributed by atoms with E-state index in [1.807, 2.05) is 6.20 Å². The van der Waals surface area contributed by atoms with Crippen LogP contribution in [0.5, 0.6) is 0 Å². The first-order valence-electron chi connectivity index (χ1n) is 8.64. The molecule has 1 aliphatic heterocycles. The highest BCUT2D eigenvalue weighted by Gasteiger charge is 2.40. The van der Waals surface area contributed by atoms with Gasteiger partial charge in [0.2, 0.25) is 0 Å². The zero-order valence-electron chi connectivity index (χ0n) is 13.5. The van der Waals surface area contributed by atoms with Crippen molar-refractivity contribution in [3.63, 3.8) is 0 Å². The van der Waals surface area contributed by atoms with Gasteiger partial charge >= 0.3 is 0 Å². The van der Waals surface area contributed by atoms with Crippen molar-refractivity contribution in [2.75, 3.05) is 13.2 Å². The highest BCUT2D eigenvalue weighted by Crippen LogP contribution is 2.43. The van der Waals surface area contributed by atoms with Crippen molar-refractivity contribution in [2.24, 2.45) is 0 Å². The predicted molar refractivity (Wildman–Crippen MR) is 84.4 cm³/mol. The number of hydrogen-bond donors (Lipinski definition) is 1. The molecule has 0 amide bonds. The van der Waals surface area contributed by atoms with Crippen molar-refractivity contribution in [2.45, 2.75) is 76.5 Å². The number of ether oxygens (including phenoxy) is 1. The molecule has 0 radical (unpaired) electrons. The molecule has 21 heavy (non-hydrogen) atoms. The fraction of sp³-hybridized carbons (Fsp3) is 0.824. The summed E-state index contributed by atoms with van der Waals surface area (Å²) in [4.78, 5) is 0. The Morgan fingerprint density at radius 2 is 2.29 bits per heavy atom. The fourth-order valence-corrected chi connectivity index (χ4v) is 3.85. The quantitative estimate of drug-likeness (QED) is 0.901. The molecule has 118 valence electrons. The third kappa shape index (κ3) is 3.32. The molecule has 1 saturated heterocycles. The van der Waals surface area contributed by atoms with Crippen molar-refractivity contribution in [3.8, 4) is 0 Å². The summed E-state index contributed by atoms with van der Waals surface area (Å²) < 4.78 is 8.33. The van der Waals surface area contributed by atoms with Crippen LogP contribution in [-0.2, 0) is 4.74 Å². The Morgan fingerprint density at radius 1 is 1.48 bits per heavy atom. The van der Waals surface area contributed by atoms with Gasteiger partial charge in [0, 0.05) is 24.4 Å². The van der Waals surface area contributed by atoms with Crippen LogP contribution < -0.4 is 5.32 Å². The third-order valence-corrected chi connectivity index (χ3v) is 5.18. The van der Waals surface area contributed by atoms with Crippen LogP contribution in [0.4, 0.5) is 0 Å². The molecule has 1 saturated carbocycles. The van der Waals surface area contributed by atoms with Crippen LogP contribution in [0.1, 0.15) is 76.4 Å². The Hall–Kier alpha value is -0.870. The molecular weight excluding hydrogens is 262 g/mol. The molecule has 2 atom stereocenters. The minimum absolute atomic E-state index is 0.168. The molecule has 2 unspecified atom stereocenters. The van der Waals surface area contributed by atoms with Crippen LogP contribution in [0, 0.1) is 0 Å². The highest BCUT2D eigenvalue weighted by atomic mass is 16.5. The maximum absolute atomic E-state index is 6.13. The van der Waals surface area contributed by atoms with Crippen molar-refractivity contribution in [1.82, 2.24) is 15.1 Å². The van der Waals surface area contributed by atoms with Gasteiger partial charge in [0.05, 0.1) is 17.8 Å². The molecule has 4 nitrogen and oxygen atoms in total. The van der Waals surface area contributed by atoms with Crippen LogP contribution in [0.25, 0.3) is 0 Å². The van der Waals surface area contributed by atoms with Crippen LogP contribution in [0.2, 0.25) is 0 Å². The predicted octanol–water partition coefficient (Wildman–Crippen LogP) is 3.61. The summed E-state index contributed by atoms with van der Waals surface area (Å²) >= 11 is 0. The van der Waals surface area contributed by atoms with Gasteiger partial charge in [-0.25, -0.2) is 0 Å². The summed E-state index contributed by atoms with van der Waals surface area (Å²) in [6.45, 7) is 6.38. The van der Waals surface area contributed by atoms with Crippen molar-refractivity contribution in [1.29, 1.82) is 0 Å². The Labute approximate surface area is 128 Å². The summed E-state index contributed by atoms with van der Waals surface area (Å²) in [6, 6.07) is 0.906. The second kappa shape index (κ2) is 6.49. The zero-order chi connectivity index (χ0) is 14.7. The zero-order valence-corrected chi connectivity index (χ0v) is 13.5. The SMILES string of the molecule is CCCNC(C)c1cnn(C2CCOC3(CCCC3)C2)c1. The van der Waals surface area contributed by atoms with Gasteiger partial charge in [0.1, 0.15) is 0 Å². The number of nitrogens with zero attached hydrogens (tertiary/aromatic N) is 2. The third-order valence-electron chi connectivity index (χ3n) is 5.18. The van der Waals surface area contributed by atoms with E-state index < -0.39 is 0 Å². The number of nitrogens with one attached hydrogen (secondary N) is 1. The Bertz CT molecular complexity index is 451. The smallest absolute Gasteiger partial charge is 0.0703 e. The Kier molecular flexibility index (Phi) is 4.65. The summed E-state index contributed by atoms with van der Waals surface area (Å²) in [5.74, 6) is 0. The van der Waals surface area contributed by atoms with Gasteiger partial charge in [0.15, 0.2) is 0 Å². The molecule has 4 heteroatoms. The molecule has 1 N–H and O–H groups in total. The molecule has 3 rings (SSSR count). The van der Waals surface area contributed by atoms with Gasteiger partial charge in [-0.1, -0.05) is 19.8 Å². The molecular formula is C17H29N3O. The maximum Gasteiger partial charge on any atom is 0.0703 e. The second-order valence-corrected chi connectivity index (χ2v) is 6.81. The van der Waals surface area contributed by atoms with E-state index >= 15 is 0 Å². The molecule has 0 aromatic carbocycles. The van der Waals surface area contributed by atoms with E-state index in [2.05, 4.69) is 35.1 Å². The normalized spacial score (nSPS) is 26.3. The highest BCUT2D eigenvalue weighted by molar-refractivity contribution is 5.10. The number of rotatable bonds is 5. The molecule has 1 aliphatic carbocycles. The molecule has 1 aromatic heterocycles. The van der Waals surface area contributed by atoms with Crippen molar-refractivity contribution < 1.29 is 4.74 Å². The number of hydrogen-bond acceptors (Lipinski definition) is 3. The van der Waals surface area contributed by atoms with Gasteiger partial charge in [-0.3, -0.25) is 4.68 Å². The monoisotopic (exact) mass is 291 g/mol. The fourth-order valence-electron chi connectivity index (χ4n) is 3.85. The van der Waals surface area contributed by atoms with E-state index in [-0.39, 0.29) is 5.60 Å². The molecule has 2 aliphatic rings. The summed E-state index contributed by atoms with van der Waals surface area (Å²) in [6.07, 6.45) is 12.8. The Morgan fingerprint density at radius 3 is 3.05 bits per heavy atom. The molecule has 2 fully saturated rings. The van der Waals surface area contributed by atoms with Gasteiger partial charge < -0.3 is 10.1 Å². The van der Waals surface area contributed by atoms with Crippen molar-refractivity contribution >= 4 is 0 Å². The van der Waals surface area contributed by atoms with Crippen molar-refractivity contribution in [3.05, 3.63) is 18.0 Å². The number of aromatic nitrogens is 2. The largest absolute Gasteiger partial charge is 0.375 e. The van der Waals surface area contributed by atoms with E-state index in [4.69, 9.17) is 4.74 Å². The van der Waals surface area contributed by atoms with Crippen LogP contribution in [-0.4, -0.2) is 28.5 Å². The second-order valence-electron chi connectivity index (χ2n) is 6.81. The molecule has 0 bridgehead atoms. The first kappa shape index (κ1) is 15.0. The lowest BCUT2D eigenvalue weighted by molar-refractivity contribution is -0.0910. The summed E-state index contributed by atoms with van der Waals surface area (Å²) in [7, 11) is 0. The average molecular weight is 291 g/mol.